The molecule has 0 unspecified atom stereocenters. The van der Waals surface area contributed by atoms with Crippen LogP contribution in [0.1, 0.15) is 11.6 Å². The molecule has 0 fully saturated rings. The van der Waals surface area contributed by atoms with Gasteiger partial charge in [0.1, 0.15) is 5.75 Å². The molecule has 1 aromatic carbocycles. The normalized spacial score (nSPS) is 11.8. The van der Waals surface area contributed by atoms with Crippen LogP contribution in [-0.4, -0.2) is 44.5 Å². The van der Waals surface area contributed by atoms with E-state index in [0.717, 1.165) is 5.56 Å². The molecular formula is C17H21N3O3S. The zero-order valence-corrected chi connectivity index (χ0v) is 14.7. The minimum absolute atomic E-state index is 0.0132. The molecule has 6 nitrogen and oxygen atoms in total. The van der Waals surface area contributed by atoms with Gasteiger partial charge in [0.15, 0.2) is 0 Å². The molecule has 0 spiro atoms. The molecule has 0 aliphatic carbocycles. The highest BCUT2D eigenvalue weighted by atomic mass is 32.1. The summed E-state index contributed by atoms with van der Waals surface area (Å²) in [5, 5.41) is 9.26. The van der Waals surface area contributed by atoms with Crippen molar-refractivity contribution >= 4 is 28.8 Å². The maximum atomic E-state index is 12.1. The third-order valence-electron chi connectivity index (χ3n) is 3.57. The number of carbonyl (C=O) groups is 2. The molecular weight excluding hydrogens is 326 g/mol. The van der Waals surface area contributed by atoms with Gasteiger partial charge in [-0.25, -0.2) is 0 Å². The van der Waals surface area contributed by atoms with E-state index in [1.807, 2.05) is 35.8 Å². The van der Waals surface area contributed by atoms with E-state index < -0.39 is 11.8 Å². The summed E-state index contributed by atoms with van der Waals surface area (Å²) < 4.78 is 5.15. The van der Waals surface area contributed by atoms with Gasteiger partial charge < -0.3 is 20.3 Å². The molecule has 2 N–H and O–H groups in total. The van der Waals surface area contributed by atoms with Gasteiger partial charge in [-0.3, -0.25) is 9.59 Å². The Morgan fingerprint density at radius 1 is 1.21 bits per heavy atom. The fraction of sp³-hybridized carbons (Fsp3) is 0.294. The topological polar surface area (TPSA) is 70.7 Å². The van der Waals surface area contributed by atoms with E-state index in [1.54, 1.807) is 35.6 Å². The van der Waals surface area contributed by atoms with Crippen molar-refractivity contribution in [2.45, 2.75) is 6.04 Å². The first-order chi connectivity index (χ1) is 11.5. The second-order valence-electron chi connectivity index (χ2n) is 5.40. The molecule has 0 saturated heterocycles. The summed E-state index contributed by atoms with van der Waals surface area (Å²) in [5.41, 5.74) is 1.57. The van der Waals surface area contributed by atoms with Crippen LogP contribution in [-0.2, 0) is 9.59 Å². The number of para-hydroxylation sites is 2. The lowest BCUT2D eigenvalue weighted by atomic mass is 10.1. The molecule has 0 radical (unpaired) electrons. The van der Waals surface area contributed by atoms with Crippen molar-refractivity contribution in [1.29, 1.82) is 0 Å². The minimum atomic E-state index is -0.720. The first kappa shape index (κ1) is 18.0. The van der Waals surface area contributed by atoms with E-state index in [9.17, 15) is 9.59 Å². The second kappa shape index (κ2) is 8.47. The molecule has 0 saturated carbocycles. The first-order valence-corrected chi connectivity index (χ1v) is 8.38. The van der Waals surface area contributed by atoms with Gasteiger partial charge in [0, 0.05) is 6.54 Å². The lowest BCUT2D eigenvalue weighted by molar-refractivity contribution is -0.136. The van der Waals surface area contributed by atoms with Gasteiger partial charge in [-0.05, 0) is 48.6 Å². The molecule has 0 bridgehead atoms. The number of amides is 2. The van der Waals surface area contributed by atoms with Gasteiger partial charge in [0.05, 0.1) is 18.8 Å². The van der Waals surface area contributed by atoms with Gasteiger partial charge in [-0.15, -0.1) is 0 Å². The van der Waals surface area contributed by atoms with Crippen LogP contribution < -0.4 is 15.4 Å². The maximum Gasteiger partial charge on any atom is 0.313 e. The maximum absolute atomic E-state index is 12.1. The zero-order valence-electron chi connectivity index (χ0n) is 13.9. The fourth-order valence-electron chi connectivity index (χ4n) is 2.26. The number of likely N-dealkylation sites (N-methyl/N-ethyl adjacent to an activating group) is 1. The van der Waals surface area contributed by atoms with Gasteiger partial charge in [0.25, 0.3) is 0 Å². The lowest BCUT2D eigenvalue weighted by Gasteiger charge is -2.23. The predicted molar refractivity (Wildman–Crippen MR) is 95.4 cm³/mol. The Balaban J connectivity index is 1.95. The number of anilines is 1. The van der Waals surface area contributed by atoms with Crippen LogP contribution in [0.3, 0.4) is 0 Å². The molecule has 0 aliphatic rings. The Hall–Kier alpha value is -2.38. The highest BCUT2D eigenvalue weighted by molar-refractivity contribution is 7.07. The van der Waals surface area contributed by atoms with Crippen molar-refractivity contribution in [3.63, 3.8) is 0 Å². The number of benzene rings is 1. The number of carbonyl (C=O) groups excluding carboxylic acids is 2. The van der Waals surface area contributed by atoms with E-state index in [0.29, 0.717) is 18.0 Å². The van der Waals surface area contributed by atoms with E-state index in [1.165, 1.54) is 7.11 Å². The summed E-state index contributed by atoms with van der Waals surface area (Å²) in [6.07, 6.45) is 0. The van der Waals surface area contributed by atoms with Crippen molar-refractivity contribution in [2.75, 3.05) is 33.1 Å². The van der Waals surface area contributed by atoms with Crippen LogP contribution in [0.2, 0.25) is 0 Å². The molecule has 2 amide bonds. The fourth-order valence-corrected chi connectivity index (χ4v) is 2.97. The largest absolute Gasteiger partial charge is 0.495 e. The van der Waals surface area contributed by atoms with E-state index in [-0.39, 0.29) is 6.04 Å². The Morgan fingerprint density at radius 3 is 2.58 bits per heavy atom. The number of thiophene rings is 1. The molecule has 24 heavy (non-hydrogen) atoms. The number of hydrogen-bond donors (Lipinski definition) is 2. The third-order valence-corrected chi connectivity index (χ3v) is 4.27. The van der Waals surface area contributed by atoms with Crippen LogP contribution in [0.4, 0.5) is 5.69 Å². The number of rotatable bonds is 6. The minimum Gasteiger partial charge on any atom is -0.495 e. The number of nitrogens with zero attached hydrogens (tertiary/aromatic N) is 1. The molecule has 2 aromatic rings. The van der Waals surface area contributed by atoms with E-state index in [2.05, 4.69) is 10.6 Å². The van der Waals surface area contributed by atoms with Gasteiger partial charge in [-0.2, -0.15) is 11.3 Å². The summed E-state index contributed by atoms with van der Waals surface area (Å²) in [6.45, 7) is 0.349. The SMILES string of the molecule is COc1ccccc1NC(=O)C(=O)NC[C@H](c1ccsc1)N(C)C. The average molecular weight is 347 g/mol. The molecule has 128 valence electrons. The average Bonchev–Trinajstić information content (AvgIpc) is 3.09. The standard InChI is InChI=1S/C17H21N3O3S/c1-20(2)14(12-8-9-24-11-12)10-18-16(21)17(22)19-13-6-4-5-7-15(13)23-3/h4-9,11,14H,10H2,1-3H3,(H,18,21)(H,19,22)/t14-/m1/s1. The molecule has 1 aromatic heterocycles. The van der Waals surface area contributed by atoms with Crippen LogP contribution in [0.25, 0.3) is 0 Å². The number of hydrogen-bond acceptors (Lipinski definition) is 5. The number of nitrogens with one attached hydrogen (secondary N) is 2. The number of ether oxygens (including phenoxy) is 1. The van der Waals surface area contributed by atoms with Crippen LogP contribution >= 0.6 is 11.3 Å². The first-order valence-electron chi connectivity index (χ1n) is 7.43. The Morgan fingerprint density at radius 2 is 1.96 bits per heavy atom. The van der Waals surface area contributed by atoms with Gasteiger partial charge in [0.2, 0.25) is 0 Å². The molecule has 1 heterocycles. The van der Waals surface area contributed by atoms with Crippen molar-refractivity contribution in [3.05, 3.63) is 46.7 Å². The summed E-state index contributed by atoms with van der Waals surface area (Å²) >= 11 is 1.60. The Bertz CT molecular complexity index is 686. The summed E-state index contributed by atoms with van der Waals surface area (Å²) in [5.74, 6) is -0.895. The van der Waals surface area contributed by atoms with Crippen LogP contribution in [0, 0.1) is 0 Å². The summed E-state index contributed by atoms with van der Waals surface area (Å²) in [6, 6.07) is 8.96. The summed E-state index contributed by atoms with van der Waals surface area (Å²) in [7, 11) is 5.38. The van der Waals surface area contributed by atoms with Crippen molar-refractivity contribution in [2.24, 2.45) is 0 Å². The summed E-state index contributed by atoms with van der Waals surface area (Å²) in [4.78, 5) is 26.1. The Kier molecular flexibility index (Phi) is 6.34. The smallest absolute Gasteiger partial charge is 0.313 e. The second-order valence-corrected chi connectivity index (χ2v) is 6.18. The highest BCUT2D eigenvalue weighted by Gasteiger charge is 2.19. The molecule has 2 rings (SSSR count). The van der Waals surface area contributed by atoms with Crippen LogP contribution in [0.15, 0.2) is 41.1 Å². The predicted octanol–water partition coefficient (Wildman–Crippen LogP) is 2.11. The molecule has 7 heteroatoms. The van der Waals surface area contributed by atoms with Crippen molar-refractivity contribution in [1.82, 2.24) is 10.2 Å². The third kappa shape index (κ3) is 4.56. The quantitative estimate of drug-likeness (QED) is 0.785. The molecule has 0 aliphatic heterocycles. The van der Waals surface area contributed by atoms with Crippen molar-refractivity contribution in [3.8, 4) is 5.75 Å². The zero-order chi connectivity index (χ0) is 17.5. The van der Waals surface area contributed by atoms with Crippen molar-refractivity contribution < 1.29 is 14.3 Å². The van der Waals surface area contributed by atoms with Gasteiger partial charge in [-0.1, -0.05) is 12.1 Å². The van der Waals surface area contributed by atoms with Gasteiger partial charge >= 0.3 is 11.8 Å². The highest BCUT2D eigenvalue weighted by Crippen LogP contribution is 2.23. The monoisotopic (exact) mass is 347 g/mol. The lowest BCUT2D eigenvalue weighted by Crippen LogP contribution is -2.40. The molecule has 1 atom stereocenters. The van der Waals surface area contributed by atoms with Crippen LogP contribution in [0.5, 0.6) is 5.75 Å². The van der Waals surface area contributed by atoms with E-state index in [4.69, 9.17) is 4.74 Å². The number of methoxy groups -OCH3 is 1. The van der Waals surface area contributed by atoms with E-state index >= 15 is 0 Å². The Labute approximate surface area is 145 Å².